The first-order valence-corrected chi connectivity index (χ1v) is 8.61. The van der Waals surface area contributed by atoms with Crippen LogP contribution in [0.4, 0.5) is 4.79 Å². The number of hydrogen-bond donors (Lipinski definition) is 2. The summed E-state index contributed by atoms with van der Waals surface area (Å²) in [6, 6.07) is 10.0. The average Bonchev–Trinajstić information content (AvgIpc) is 3.06. The van der Waals surface area contributed by atoms with Crippen molar-refractivity contribution in [2.24, 2.45) is 0 Å². The topological polar surface area (TPSA) is 73.5 Å². The molecule has 0 spiro atoms. The molecule has 0 atom stereocenters. The molecular weight excluding hydrogens is 318 g/mol. The van der Waals surface area contributed by atoms with Crippen LogP contribution in [0.3, 0.4) is 0 Å². The molecule has 1 saturated heterocycles. The summed E-state index contributed by atoms with van der Waals surface area (Å²) in [6.45, 7) is 4.78. The normalized spacial score (nSPS) is 15.6. The van der Waals surface area contributed by atoms with Crippen LogP contribution in [0.2, 0.25) is 0 Å². The van der Waals surface area contributed by atoms with Crippen LogP contribution in [-0.4, -0.2) is 59.3 Å². The Morgan fingerprint density at radius 3 is 2.76 bits per heavy atom. The van der Waals surface area contributed by atoms with E-state index in [0.717, 1.165) is 50.6 Å². The lowest BCUT2D eigenvalue weighted by atomic mass is 10.2. The van der Waals surface area contributed by atoms with Crippen LogP contribution in [0.15, 0.2) is 36.5 Å². The Morgan fingerprint density at radius 2 is 2.04 bits per heavy atom. The number of rotatable bonds is 5. The molecule has 0 radical (unpaired) electrons. The second kappa shape index (κ2) is 8.53. The molecule has 1 aliphatic rings. The molecule has 1 fully saturated rings. The lowest BCUT2D eigenvalue weighted by Gasteiger charge is -2.22. The molecule has 0 saturated carbocycles. The van der Waals surface area contributed by atoms with E-state index in [4.69, 9.17) is 4.74 Å². The van der Waals surface area contributed by atoms with E-state index in [0.29, 0.717) is 6.54 Å². The molecule has 1 aromatic heterocycles. The van der Waals surface area contributed by atoms with Crippen molar-refractivity contribution in [2.75, 3.05) is 33.3 Å². The second-order valence-corrected chi connectivity index (χ2v) is 6.21. The first-order valence-electron chi connectivity index (χ1n) is 8.61. The number of urea groups is 1. The van der Waals surface area contributed by atoms with Gasteiger partial charge in [0.15, 0.2) is 0 Å². The number of nitrogens with one attached hydrogen (secondary N) is 2. The maximum Gasteiger partial charge on any atom is 0.317 e. The third-order valence-electron chi connectivity index (χ3n) is 4.43. The number of nitrogens with zero attached hydrogens (tertiary/aromatic N) is 3. The summed E-state index contributed by atoms with van der Waals surface area (Å²) < 4.78 is 5.20. The predicted molar refractivity (Wildman–Crippen MR) is 95.3 cm³/mol. The highest BCUT2D eigenvalue weighted by atomic mass is 16.5. The third-order valence-corrected chi connectivity index (χ3v) is 4.43. The average molecular weight is 343 g/mol. The van der Waals surface area contributed by atoms with Gasteiger partial charge in [0.25, 0.3) is 0 Å². The number of ether oxygens (including phenoxy) is 1. The Balaban J connectivity index is 1.46. The molecule has 2 aromatic rings. The van der Waals surface area contributed by atoms with Gasteiger partial charge in [-0.2, -0.15) is 5.10 Å². The van der Waals surface area contributed by atoms with Gasteiger partial charge in [-0.15, -0.1) is 0 Å². The maximum atomic E-state index is 12.3. The van der Waals surface area contributed by atoms with Gasteiger partial charge in [0.05, 0.1) is 19.3 Å². The van der Waals surface area contributed by atoms with Crippen molar-refractivity contribution in [1.82, 2.24) is 25.3 Å². The smallest absolute Gasteiger partial charge is 0.317 e. The molecule has 2 N–H and O–H groups in total. The maximum absolute atomic E-state index is 12.3. The fraction of sp³-hybridized carbons (Fsp3) is 0.444. The molecule has 2 heterocycles. The van der Waals surface area contributed by atoms with Crippen LogP contribution in [0.1, 0.15) is 17.7 Å². The predicted octanol–water partition coefficient (Wildman–Crippen LogP) is 1.84. The molecule has 2 amide bonds. The molecule has 0 aliphatic carbocycles. The van der Waals surface area contributed by atoms with E-state index in [1.807, 2.05) is 23.1 Å². The number of carbonyl (C=O) groups excluding carboxylic acids is 1. The molecule has 1 aliphatic heterocycles. The van der Waals surface area contributed by atoms with Crippen molar-refractivity contribution in [3.05, 3.63) is 47.8 Å². The zero-order valence-electron chi connectivity index (χ0n) is 14.6. The molecule has 7 heteroatoms. The first kappa shape index (κ1) is 17.3. The minimum atomic E-state index is -0.0131. The Labute approximate surface area is 148 Å². The number of hydrogen-bond acceptors (Lipinski definition) is 4. The summed E-state index contributed by atoms with van der Waals surface area (Å²) in [4.78, 5) is 16.6. The summed E-state index contributed by atoms with van der Waals surface area (Å²) in [5, 5.41) is 9.68. The summed E-state index contributed by atoms with van der Waals surface area (Å²) in [5.41, 5.74) is 2.17. The van der Waals surface area contributed by atoms with Gasteiger partial charge in [0.2, 0.25) is 0 Å². The molecule has 3 rings (SSSR count). The van der Waals surface area contributed by atoms with Crippen molar-refractivity contribution in [3.8, 4) is 5.75 Å². The van der Waals surface area contributed by atoms with E-state index in [9.17, 15) is 4.79 Å². The number of aromatic amines is 1. The van der Waals surface area contributed by atoms with E-state index in [1.54, 1.807) is 13.3 Å². The van der Waals surface area contributed by atoms with Gasteiger partial charge in [-0.05, 0) is 30.2 Å². The number of benzene rings is 1. The van der Waals surface area contributed by atoms with Gasteiger partial charge >= 0.3 is 6.03 Å². The summed E-state index contributed by atoms with van der Waals surface area (Å²) >= 11 is 0. The Hall–Kier alpha value is -2.54. The fourth-order valence-corrected chi connectivity index (χ4v) is 2.99. The quantitative estimate of drug-likeness (QED) is 0.869. The van der Waals surface area contributed by atoms with Gasteiger partial charge < -0.3 is 15.0 Å². The van der Waals surface area contributed by atoms with Gasteiger partial charge in [0, 0.05) is 38.9 Å². The fourth-order valence-electron chi connectivity index (χ4n) is 2.99. The number of methoxy groups -OCH3 is 1. The Kier molecular flexibility index (Phi) is 5.90. The number of H-pyrrole nitrogens is 1. The minimum absolute atomic E-state index is 0.0131. The van der Waals surface area contributed by atoms with Gasteiger partial charge in [-0.25, -0.2) is 4.79 Å². The van der Waals surface area contributed by atoms with Gasteiger partial charge in [-0.3, -0.25) is 10.00 Å². The second-order valence-electron chi connectivity index (χ2n) is 6.21. The largest absolute Gasteiger partial charge is 0.497 e. The van der Waals surface area contributed by atoms with Crippen LogP contribution in [0, 0.1) is 0 Å². The number of aromatic nitrogens is 2. The van der Waals surface area contributed by atoms with Crippen LogP contribution in [0.5, 0.6) is 5.75 Å². The monoisotopic (exact) mass is 343 g/mol. The molecular formula is C18H25N5O2. The molecule has 0 unspecified atom stereocenters. The Morgan fingerprint density at radius 1 is 1.20 bits per heavy atom. The minimum Gasteiger partial charge on any atom is -0.497 e. The molecule has 0 bridgehead atoms. The zero-order valence-corrected chi connectivity index (χ0v) is 14.6. The number of amides is 2. The third kappa shape index (κ3) is 4.96. The highest BCUT2D eigenvalue weighted by Crippen LogP contribution is 2.14. The van der Waals surface area contributed by atoms with Crippen molar-refractivity contribution >= 4 is 6.03 Å². The van der Waals surface area contributed by atoms with Gasteiger partial charge in [-0.1, -0.05) is 12.1 Å². The number of carbonyl (C=O) groups is 1. The molecule has 134 valence electrons. The van der Waals surface area contributed by atoms with E-state index in [-0.39, 0.29) is 6.03 Å². The van der Waals surface area contributed by atoms with Crippen molar-refractivity contribution < 1.29 is 9.53 Å². The van der Waals surface area contributed by atoms with E-state index >= 15 is 0 Å². The zero-order chi connectivity index (χ0) is 17.5. The molecule has 1 aromatic carbocycles. The highest BCUT2D eigenvalue weighted by molar-refractivity contribution is 5.74. The summed E-state index contributed by atoms with van der Waals surface area (Å²) in [6.07, 6.45) is 2.66. The van der Waals surface area contributed by atoms with E-state index in [1.165, 1.54) is 5.56 Å². The van der Waals surface area contributed by atoms with E-state index in [2.05, 4.69) is 32.5 Å². The van der Waals surface area contributed by atoms with E-state index < -0.39 is 0 Å². The lowest BCUT2D eigenvalue weighted by Crippen LogP contribution is -2.41. The van der Waals surface area contributed by atoms with Crippen molar-refractivity contribution in [2.45, 2.75) is 19.5 Å². The highest BCUT2D eigenvalue weighted by Gasteiger charge is 2.19. The Bertz CT molecular complexity index is 657. The van der Waals surface area contributed by atoms with Gasteiger partial charge in [0.1, 0.15) is 5.75 Å². The molecule has 25 heavy (non-hydrogen) atoms. The lowest BCUT2D eigenvalue weighted by molar-refractivity contribution is 0.197. The standard InChI is InChI=1S/C18H25N5O2/c1-25-17-5-3-15(4-6-17)14-22-9-2-10-23(12-11-22)18(24)19-13-16-7-8-20-21-16/h3-8H,2,9-14H2,1H3,(H,19,24)(H,20,21). The van der Waals surface area contributed by atoms with Crippen LogP contribution < -0.4 is 10.1 Å². The summed E-state index contributed by atoms with van der Waals surface area (Å²) in [7, 11) is 1.68. The van der Waals surface area contributed by atoms with Crippen molar-refractivity contribution in [3.63, 3.8) is 0 Å². The van der Waals surface area contributed by atoms with Crippen molar-refractivity contribution in [1.29, 1.82) is 0 Å². The summed E-state index contributed by atoms with van der Waals surface area (Å²) in [5.74, 6) is 0.875. The van der Waals surface area contributed by atoms with Crippen LogP contribution in [-0.2, 0) is 13.1 Å². The van der Waals surface area contributed by atoms with Crippen LogP contribution in [0.25, 0.3) is 0 Å². The molecule has 7 nitrogen and oxygen atoms in total. The SMILES string of the molecule is COc1ccc(CN2CCCN(C(=O)NCc3ccn[nH]3)CC2)cc1. The van der Waals surface area contributed by atoms with Crippen LogP contribution >= 0.6 is 0 Å². The first-order chi connectivity index (χ1) is 12.2.